The lowest BCUT2D eigenvalue weighted by molar-refractivity contribution is 0.0386. The van der Waals surface area contributed by atoms with Crippen molar-refractivity contribution in [1.82, 2.24) is 10.6 Å². The van der Waals surface area contributed by atoms with Crippen LogP contribution in [0.3, 0.4) is 0 Å². The number of rotatable bonds is 9. The molecule has 1 unspecified atom stereocenters. The largest absolute Gasteiger partial charge is 0.466 e. The number of benzene rings is 1. The van der Waals surface area contributed by atoms with Crippen LogP contribution < -0.4 is 10.6 Å². The fourth-order valence-corrected chi connectivity index (χ4v) is 2.44. The molecule has 1 atom stereocenters. The Morgan fingerprint density at radius 1 is 1.18 bits per heavy atom. The first-order valence-electron chi connectivity index (χ1n) is 9.38. The number of hydrogen-bond donors (Lipinski definition) is 3. The monoisotopic (exact) mass is 501 g/mol. The van der Waals surface area contributed by atoms with E-state index in [0.717, 1.165) is 17.7 Å². The number of nitrogens with one attached hydrogen (secondary N) is 2. The van der Waals surface area contributed by atoms with Gasteiger partial charge in [0.25, 0.3) is 0 Å². The molecule has 7 heteroatoms. The van der Waals surface area contributed by atoms with Gasteiger partial charge in [0.1, 0.15) is 11.4 Å². The minimum absolute atomic E-state index is 0. The summed E-state index contributed by atoms with van der Waals surface area (Å²) in [5.41, 5.74) is 1.15. The summed E-state index contributed by atoms with van der Waals surface area (Å²) in [5.74, 6) is 1.17. The van der Waals surface area contributed by atoms with Crippen molar-refractivity contribution in [3.63, 3.8) is 0 Å². The fraction of sp³-hybridized carbons (Fsp3) is 0.476. The molecule has 0 saturated heterocycles. The average molecular weight is 501 g/mol. The van der Waals surface area contributed by atoms with Crippen molar-refractivity contribution in [2.45, 2.75) is 52.6 Å². The molecular formula is C21H32IN3O3. The molecule has 0 aliphatic heterocycles. The van der Waals surface area contributed by atoms with Gasteiger partial charge >= 0.3 is 0 Å². The van der Waals surface area contributed by atoms with E-state index in [1.807, 2.05) is 20.8 Å². The third-order valence-corrected chi connectivity index (χ3v) is 4.02. The average Bonchev–Trinajstić information content (AvgIpc) is 3.19. The maximum atomic E-state index is 10.5. The van der Waals surface area contributed by atoms with E-state index in [4.69, 9.17) is 9.15 Å². The smallest absolute Gasteiger partial charge is 0.191 e. The van der Waals surface area contributed by atoms with Crippen LogP contribution in [0.1, 0.15) is 44.6 Å². The molecule has 0 bridgehead atoms. The van der Waals surface area contributed by atoms with Crippen molar-refractivity contribution in [3.05, 3.63) is 59.5 Å². The highest BCUT2D eigenvalue weighted by Crippen LogP contribution is 2.19. The summed E-state index contributed by atoms with van der Waals surface area (Å²) >= 11 is 0. The van der Waals surface area contributed by atoms with Gasteiger partial charge in [-0.1, -0.05) is 24.3 Å². The minimum atomic E-state index is -1.11. The van der Waals surface area contributed by atoms with Crippen molar-refractivity contribution in [1.29, 1.82) is 0 Å². The Morgan fingerprint density at radius 3 is 2.43 bits per heavy atom. The van der Waals surface area contributed by atoms with E-state index < -0.39 is 5.60 Å². The van der Waals surface area contributed by atoms with Crippen LogP contribution in [0.4, 0.5) is 0 Å². The van der Waals surface area contributed by atoms with Crippen molar-refractivity contribution < 1.29 is 14.3 Å². The molecule has 1 heterocycles. The number of hydrogen-bond acceptors (Lipinski definition) is 4. The fourth-order valence-electron chi connectivity index (χ4n) is 2.44. The predicted octanol–water partition coefficient (Wildman–Crippen LogP) is 3.79. The summed E-state index contributed by atoms with van der Waals surface area (Å²) in [4.78, 5) is 4.59. The number of aliphatic hydroxyl groups is 1. The zero-order chi connectivity index (χ0) is 19.7. The van der Waals surface area contributed by atoms with E-state index in [0.29, 0.717) is 24.9 Å². The highest BCUT2D eigenvalue weighted by molar-refractivity contribution is 14.0. The molecule has 28 heavy (non-hydrogen) atoms. The number of furan rings is 1. The van der Waals surface area contributed by atoms with Crippen LogP contribution in [-0.4, -0.2) is 30.3 Å². The van der Waals surface area contributed by atoms with Gasteiger partial charge in [-0.15, -0.1) is 24.0 Å². The molecule has 1 aromatic carbocycles. The molecule has 2 aromatic rings. The minimum Gasteiger partial charge on any atom is -0.466 e. The van der Waals surface area contributed by atoms with Gasteiger partial charge in [-0.3, -0.25) is 0 Å². The van der Waals surface area contributed by atoms with Crippen LogP contribution in [0.5, 0.6) is 0 Å². The Hall–Kier alpha value is -1.58. The number of aliphatic imine (C=N–C) groups is 1. The zero-order valence-electron chi connectivity index (χ0n) is 17.1. The first-order chi connectivity index (χ1) is 12.9. The van der Waals surface area contributed by atoms with Crippen LogP contribution in [0, 0.1) is 0 Å². The second-order valence-electron chi connectivity index (χ2n) is 6.98. The Bertz CT molecular complexity index is 698. The highest BCUT2D eigenvalue weighted by atomic mass is 127. The van der Waals surface area contributed by atoms with Crippen molar-refractivity contribution in [3.8, 4) is 0 Å². The van der Waals surface area contributed by atoms with Crippen LogP contribution in [-0.2, 0) is 23.5 Å². The maximum Gasteiger partial charge on any atom is 0.191 e. The Kier molecular flexibility index (Phi) is 10.6. The van der Waals surface area contributed by atoms with Crippen LogP contribution in [0.15, 0.2) is 52.1 Å². The van der Waals surface area contributed by atoms with Gasteiger partial charge in [-0.2, -0.15) is 0 Å². The van der Waals surface area contributed by atoms with E-state index in [1.165, 1.54) is 0 Å². The summed E-state index contributed by atoms with van der Waals surface area (Å²) in [6.07, 6.45) is 1.78. The lowest BCUT2D eigenvalue weighted by Gasteiger charge is -2.22. The zero-order valence-corrected chi connectivity index (χ0v) is 19.4. The van der Waals surface area contributed by atoms with Gasteiger partial charge in [-0.25, -0.2) is 4.99 Å². The lowest BCUT2D eigenvalue weighted by Crippen LogP contribution is -2.44. The van der Waals surface area contributed by atoms with E-state index in [2.05, 4.69) is 39.9 Å². The van der Waals surface area contributed by atoms with Gasteiger partial charge in [0, 0.05) is 6.54 Å². The van der Waals surface area contributed by atoms with Crippen molar-refractivity contribution in [2.75, 3.05) is 13.1 Å². The lowest BCUT2D eigenvalue weighted by atomic mass is 10.0. The second kappa shape index (κ2) is 12.1. The molecule has 0 saturated carbocycles. The van der Waals surface area contributed by atoms with E-state index >= 15 is 0 Å². The first kappa shape index (κ1) is 24.5. The third-order valence-electron chi connectivity index (χ3n) is 4.02. The van der Waals surface area contributed by atoms with E-state index in [-0.39, 0.29) is 36.6 Å². The maximum absolute atomic E-state index is 10.5. The van der Waals surface area contributed by atoms with E-state index in [9.17, 15) is 5.11 Å². The summed E-state index contributed by atoms with van der Waals surface area (Å²) in [7, 11) is 0. The highest BCUT2D eigenvalue weighted by Gasteiger charge is 2.26. The molecule has 2 rings (SSSR count). The molecular weight excluding hydrogens is 469 g/mol. The van der Waals surface area contributed by atoms with Gasteiger partial charge in [-0.05, 0) is 51.0 Å². The normalized spacial score (nSPS) is 13.7. The predicted molar refractivity (Wildman–Crippen MR) is 123 cm³/mol. The SMILES string of the molecule is CCNC(=NCc1ccc(COC(C)C)cc1)NCC(C)(O)c1ccco1.I. The molecule has 0 amide bonds. The Morgan fingerprint density at radius 2 is 1.86 bits per heavy atom. The van der Waals surface area contributed by atoms with E-state index in [1.54, 1.807) is 25.3 Å². The molecule has 3 N–H and O–H groups in total. The van der Waals surface area contributed by atoms with Crippen LogP contribution >= 0.6 is 24.0 Å². The Labute approximate surface area is 184 Å². The summed E-state index contributed by atoms with van der Waals surface area (Å²) in [6.45, 7) is 9.96. The molecule has 0 radical (unpaired) electrons. The van der Waals surface area contributed by atoms with Gasteiger partial charge in [0.15, 0.2) is 5.96 Å². The van der Waals surface area contributed by atoms with Crippen LogP contribution in [0.2, 0.25) is 0 Å². The molecule has 0 fully saturated rings. The number of ether oxygens (including phenoxy) is 1. The van der Waals surface area contributed by atoms with Crippen molar-refractivity contribution >= 4 is 29.9 Å². The molecule has 156 valence electrons. The van der Waals surface area contributed by atoms with Crippen molar-refractivity contribution in [2.24, 2.45) is 4.99 Å². The van der Waals surface area contributed by atoms with Gasteiger partial charge < -0.3 is 24.9 Å². The molecule has 0 aliphatic rings. The molecule has 6 nitrogen and oxygen atoms in total. The third kappa shape index (κ3) is 8.20. The van der Waals surface area contributed by atoms with Gasteiger partial charge in [0.2, 0.25) is 0 Å². The number of nitrogens with zero attached hydrogens (tertiary/aromatic N) is 1. The number of halogens is 1. The molecule has 1 aromatic heterocycles. The summed E-state index contributed by atoms with van der Waals surface area (Å²) in [6, 6.07) is 11.8. The Balaban J connectivity index is 0.00000392. The summed E-state index contributed by atoms with van der Waals surface area (Å²) < 4.78 is 10.9. The quantitative estimate of drug-likeness (QED) is 0.277. The van der Waals surface area contributed by atoms with Gasteiger partial charge in [0.05, 0.1) is 32.1 Å². The molecule has 0 aliphatic carbocycles. The van der Waals surface area contributed by atoms with Crippen LogP contribution in [0.25, 0.3) is 0 Å². The second-order valence-corrected chi connectivity index (χ2v) is 6.98. The molecule has 0 spiro atoms. The first-order valence-corrected chi connectivity index (χ1v) is 9.38. The summed E-state index contributed by atoms with van der Waals surface area (Å²) in [5, 5.41) is 16.9. The topological polar surface area (TPSA) is 79.0 Å². The number of guanidine groups is 1. The standard InChI is InChI=1S/C21H31N3O3.HI/c1-5-22-20(24-15-21(4,25)19-7-6-12-26-19)23-13-17-8-10-18(11-9-17)14-27-16(2)3;/h6-12,16,25H,5,13-15H2,1-4H3,(H2,22,23,24);1H.